The number of aliphatic hydroxyl groups is 1. The maximum atomic E-state index is 10.1. The summed E-state index contributed by atoms with van der Waals surface area (Å²) >= 11 is 5.03. The average Bonchev–Trinajstić information content (AvgIpc) is 2.58. The van der Waals surface area contributed by atoms with Crippen LogP contribution in [0, 0.1) is 4.64 Å². The minimum Gasteiger partial charge on any atom is -0.497 e. The third-order valence-corrected chi connectivity index (χ3v) is 3.67. The lowest BCUT2D eigenvalue weighted by atomic mass is 10.1. The van der Waals surface area contributed by atoms with Crippen molar-refractivity contribution >= 4 is 12.2 Å². The predicted molar refractivity (Wildman–Crippen MR) is 101 cm³/mol. The van der Waals surface area contributed by atoms with E-state index in [0.29, 0.717) is 28.4 Å². The Morgan fingerprint density at radius 3 is 2.64 bits per heavy atom. The number of aromatic amines is 1. The molecule has 1 heterocycles. The maximum absolute atomic E-state index is 10.1. The summed E-state index contributed by atoms with van der Waals surface area (Å²) in [5.74, 6) is 1.26. The van der Waals surface area contributed by atoms with Gasteiger partial charge in [-0.15, -0.1) is 0 Å². The highest BCUT2D eigenvalue weighted by Crippen LogP contribution is 2.32. The van der Waals surface area contributed by atoms with Crippen LogP contribution in [0.2, 0.25) is 0 Å². The minimum absolute atomic E-state index is 0.0617. The lowest BCUT2D eigenvalue weighted by Crippen LogP contribution is -2.42. The van der Waals surface area contributed by atoms with E-state index in [1.165, 1.54) is 0 Å². The molecule has 136 valence electrons. The molecule has 0 saturated carbocycles. The molecule has 0 bridgehead atoms. The summed E-state index contributed by atoms with van der Waals surface area (Å²) in [6.07, 6.45) is -0.632. The van der Waals surface area contributed by atoms with Gasteiger partial charge in [-0.3, -0.25) is 5.10 Å². The number of nitrogens with one attached hydrogen (secondary N) is 2. The molecule has 6 nitrogen and oxygen atoms in total. The number of rotatable bonds is 7. The Morgan fingerprint density at radius 1 is 1.28 bits per heavy atom. The minimum atomic E-state index is -0.632. The first-order valence-corrected chi connectivity index (χ1v) is 8.49. The maximum Gasteiger partial charge on any atom is 0.132 e. The van der Waals surface area contributed by atoms with E-state index in [1.54, 1.807) is 19.2 Å². The van der Waals surface area contributed by atoms with Crippen molar-refractivity contribution in [2.45, 2.75) is 32.4 Å². The van der Waals surface area contributed by atoms with Gasteiger partial charge in [0, 0.05) is 23.7 Å². The van der Waals surface area contributed by atoms with Crippen LogP contribution >= 0.6 is 12.2 Å². The van der Waals surface area contributed by atoms with Crippen molar-refractivity contribution in [1.82, 2.24) is 15.5 Å². The van der Waals surface area contributed by atoms with E-state index < -0.39 is 6.10 Å². The lowest BCUT2D eigenvalue weighted by Gasteiger charge is -2.23. The highest BCUT2D eigenvalue weighted by molar-refractivity contribution is 7.71. The molecule has 0 aliphatic heterocycles. The van der Waals surface area contributed by atoms with Gasteiger partial charge in [-0.05, 0) is 45.0 Å². The number of β-amino-alcohol motifs (C(OH)–C–C–N with tert-alkyl or cyclic N) is 1. The number of ether oxygens (including phenoxy) is 2. The fourth-order valence-electron chi connectivity index (χ4n) is 2.12. The molecule has 0 saturated heterocycles. The summed E-state index contributed by atoms with van der Waals surface area (Å²) in [7, 11) is 1.60. The van der Waals surface area contributed by atoms with E-state index in [1.807, 2.05) is 39.0 Å². The molecule has 0 radical (unpaired) electrons. The normalized spacial score (nSPS) is 12.7. The van der Waals surface area contributed by atoms with Crippen molar-refractivity contribution in [2.24, 2.45) is 0 Å². The first-order chi connectivity index (χ1) is 11.8. The molecule has 3 N–H and O–H groups in total. The van der Waals surface area contributed by atoms with Gasteiger partial charge in [0.05, 0.1) is 12.8 Å². The molecular formula is C18H25N3O3S. The molecule has 7 heteroatoms. The fraction of sp³-hybridized carbons (Fsp3) is 0.444. The van der Waals surface area contributed by atoms with E-state index in [9.17, 15) is 5.11 Å². The highest BCUT2D eigenvalue weighted by atomic mass is 32.1. The summed E-state index contributed by atoms with van der Waals surface area (Å²) in [6.45, 7) is 6.74. The zero-order valence-corrected chi connectivity index (χ0v) is 15.8. The summed E-state index contributed by atoms with van der Waals surface area (Å²) in [5.41, 5.74) is 1.44. The smallest absolute Gasteiger partial charge is 0.132 e. The molecule has 0 fully saturated rings. The summed E-state index contributed by atoms with van der Waals surface area (Å²) < 4.78 is 11.7. The Kier molecular flexibility index (Phi) is 6.52. The van der Waals surface area contributed by atoms with Crippen LogP contribution in [0.5, 0.6) is 11.5 Å². The molecular weight excluding hydrogens is 338 g/mol. The third-order valence-electron chi connectivity index (χ3n) is 3.44. The quantitative estimate of drug-likeness (QED) is 0.657. The molecule has 1 unspecified atom stereocenters. The van der Waals surface area contributed by atoms with Gasteiger partial charge in [0.15, 0.2) is 0 Å². The molecule has 0 spiro atoms. The van der Waals surface area contributed by atoms with Crippen molar-refractivity contribution in [3.05, 3.63) is 35.0 Å². The molecule has 1 atom stereocenters. The number of hydrogen-bond acceptors (Lipinski definition) is 6. The van der Waals surface area contributed by atoms with Crippen LogP contribution in [-0.4, -0.2) is 47.2 Å². The SMILES string of the molecule is COc1ccc(-c2ccc(=S)[nH]n2)c(OCC(O)CNC(C)(C)C)c1. The predicted octanol–water partition coefficient (Wildman–Crippen LogP) is 2.94. The highest BCUT2D eigenvalue weighted by Gasteiger charge is 2.15. The van der Waals surface area contributed by atoms with Crippen molar-refractivity contribution in [3.63, 3.8) is 0 Å². The van der Waals surface area contributed by atoms with Crippen molar-refractivity contribution in [3.8, 4) is 22.8 Å². The van der Waals surface area contributed by atoms with E-state index in [4.69, 9.17) is 21.7 Å². The lowest BCUT2D eigenvalue weighted by molar-refractivity contribution is 0.100. The Hall–Kier alpha value is -1.96. The number of aromatic nitrogens is 2. The molecule has 0 aliphatic carbocycles. The van der Waals surface area contributed by atoms with Gasteiger partial charge in [0.1, 0.15) is 28.9 Å². The molecule has 25 heavy (non-hydrogen) atoms. The number of H-pyrrole nitrogens is 1. The Morgan fingerprint density at radius 2 is 2.04 bits per heavy atom. The van der Waals surface area contributed by atoms with Crippen molar-refractivity contribution in [2.75, 3.05) is 20.3 Å². The molecule has 1 aromatic heterocycles. The van der Waals surface area contributed by atoms with E-state index in [-0.39, 0.29) is 12.1 Å². The van der Waals surface area contributed by atoms with Gasteiger partial charge in [-0.2, -0.15) is 5.10 Å². The topological polar surface area (TPSA) is 79.4 Å². The molecule has 0 amide bonds. The van der Waals surface area contributed by atoms with Crippen LogP contribution in [0.25, 0.3) is 11.3 Å². The second-order valence-electron chi connectivity index (χ2n) is 6.76. The second kappa shape index (κ2) is 8.42. The third kappa shape index (κ3) is 6.12. The van der Waals surface area contributed by atoms with Gasteiger partial charge in [-0.25, -0.2) is 0 Å². The number of hydrogen-bond donors (Lipinski definition) is 3. The van der Waals surface area contributed by atoms with Gasteiger partial charge in [0.25, 0.3) is 0 Å². The Bertz CT molecular complexity index is 735. The van der Waals surface area contributed by atoms with Crippen LogP contribution < -0.4 is 14.8 Å². The summed E-state index contributed by atoms with van der Waals surface area (Å²) in [4.78, 5) is 0. The monoisotopic (exact) mass is 363 g/mol. The van der Waals surface area contributed by atoms with Gasteiger partial charge in [-0.1, -0.05) is 12.2 Å². The van der Waals surface area contributed by atoms with Crippen molar-refractivity contribution in [1.29, 1.82) is 0 Å². The van der Waals surface area contributed by atoms with Gasteiger partial charge < -0.3 is 19.9 Å². The second-order valence-corrected chi connectivity index (χ2v) is 7.20. The van der Waals surface area contributed by atoms with Gasteiger partial charge in [0.2, 0.25) is 0 Å². The molecule has 1 aromatic carbocycles. The van der Waals surface area contributed by atoms with Crippen LogP contribution in [-0.2, 0) is 0 Å². The molecule has 2 rings (SSSR count). The first-order valence-electron chi connectivity index (χ1n) is 8.08. The van der Waals surface area contributed by atoms with E-state index in [2.05, 4.69) is 15.5 Å². The summed E-state index contributed by atoms with van der Waals surface area (Å²) in [5, 5.41) is 20.4. The van der Waals surface area contributed by atoms with E-state index >= 15 is 0 Å². The van der Waals surface area contributed by atoms with E-state index in [0.717, 1.165) is 5.56 Å². The molecule has 2 aromatic rings. The number of aliphatic hydroxyl groups excluding tert-OH is 1. The Balaban J connectivity index is 2.15. The van der Waals surface area contributed by atoms with Crippen LogP contribution in [0.3, 0.4) is 0 Å². The van der Waals surface area contributed by atoms with Crippen molar-refractivity contribution < 1.29 is 14.6 Å². The zero-order chi connectivity index (χ0) is 18.4. The number of benzene rings is 1. The standard InChI is InChI=1S/C18H25N3O3S/c1-18(2,3)19-10-12(22)11-24-16-9-13(23-4)5-6-14(16)15-7-8-17(25)21-20-15/h5-9,12,19,22H,10-11H2,1-4H3,(H,21,25). The van der Waals surface area contributed by atoms with Crippen LogP contribution in [0.4, 0.5) is 0 Å². The van der Waals surface area contributed by atoms with Crippen LogP contribution in [0.15, 0.2) is 30.3 Å². The number of methoxy groups -OCH3 is 1. The summed E-state index contributed by atoms with van der Waals surface area (Å²) in [6, 6.07) is 9.08. The fourth-order valence-corrected chi connectivity index (χ4v) is 2.24. The zero-order valence-electron chi connectivity index (χ0n) is 15.0. The van der Waals surface area contributed by atoms with Gasteiger partial charge >= 0.3 is 0 Å². The Labute approximate surface area is 153 Å². The number of nitrogens with zero attached hydrogens (tertiary/aromatic N) is 1. The largest absolute Gasteiger partial charge is 0.497 e. The average molecular weight is 363 g/mol. The van der Waals surface area contributed by atoms with Crippen LogP contribution in [0.1, 0.15) is 20.8 Å². The first kappa shape index (κ1) is 19.4. The molecule has 0 aliphatic rings.